The number of aromatic nitrogens is 2. The van der Waals surface area contributed by atoms with E-state index in [-0.39, 0.29) is 0 Å². The van der Waals surface area contributed by atoms with E-state index in [0.29, 0.717) is 6.61 Å². The summed E-state index contributed by atoms with van der Waals surface area (Å²) in [5.74, 6) is 1.88. The molecule has 0 atom stereocenters. The van der Waals surface area contributed by atoms with Crippen LogP contribution in [0.25, 0.3) is 0 Å². The van der Waals surface area contributed by atoms with Crippen molar-refractivity contribution < 1.29 is 4.74 Å². The first kappa shape index (κ1) is 11.7. The Morgan fingerprint density at radius 1 is 1.29 bits per heavy atom. The molecule has 0 saturated carbocycles. The maximum absolute atomic E-state index is 5.75. The van der Waals surface area contributed by atoms with Crippen LogP contribution in [0.5, 0.6) is 5.75 Å². The van der Waals surface area contributed by atoms with Crippen LogP contribution in [0.3, 0.4) is 0 Å². The zero-order valence-corrected chi connectivity index (χ0v) is 10.4. The molecule has 0 N–H and O–H groups in total. The van der Waals surface area contributed by atoms with Crippen molar-refractivity contribution in [3.63, 3.8) is 0 Å². The lowest BCUT2D eigenvalue weighted by Crippen LogP contribution is -2.05. The summed E-state index contributed by atoms with van der Waals surface area (Å²) in [4.78, 5) is 4.28. The zero-order valence-electron chi connectivity index (χ0n) is 10.4. The van der Waals surface area contributed by atoms with Gasteiger partial charge in [-0.2, -0.15) is 0 Å². The molecule has 1 aromatic heterocycles. The molecular formula is C14H18N2O. The fraction of sp³-hybridized carbons (Fsp3) is 0.357. The van der Waals surface area contributed by atoms with Gasteiger partial charge in [0.1, 0.15) is 18.2 Å². The molecule has 0 saturated heterocycles. The van der Waals surface area contributed by atoms with Crippen LogP contribution in [0.2, 0.25) is 0 Å². The normalized spacial score (nSPS) is 10.5. The monoisotopic (exact) mass is 230 g/mol. The molecule has 2 aromatic rings. The van der Waals surface area contributed by atoms with Crippen molar-refractivity contribution in [3.05, 3.63) is 48.0 Å². The van der Waals surface area contributed by atoms with E-state index in [1.807, 2.05) is 24.5 Å². The number of hydrogen-bond donors (Lipinski definition) is 0. The van der Waals surface area contributed by atoms with Crippen molar-refractivity contribution in [3.8, 4) is 5.75 Å². The Labute approximate surface area is 102 Å². The van der Waals surface area contributed by atoms with Crippen LogP contribution >= 0.6 is 0 Å². The Balaban J connectivity index is 2.02. The highest BCUT2D eigenvalue weighted by Crippen LogP contribution is 2.15. The first-order valence-corrected chi connectivity index (χ1v) is 6.05. The lowest BCUT2D eigenvalue weighted by Gasteiger charge is -2.08. The van der Waals surface area contributed by atoms with Gasteiger partial charge in [-0.05, 0) is 31.0 Å². The second-order valence-corrected chi connectivity index (χ2v) is 3.92. The van der Waals surface area contributed by atoms with Gasteiger partial charge in [0.15, 0.2) is 0 Å². The third-order valence-electron chi connectivity index (χ3n) is 2.82. The highest BCUT2D eigenvalue weighted by molar-refractivity contribution is 5.28. The summed E-state index contributed by atoms with van der Waals surface area (Å²) in [6, 6.07) is 8.21. The van der Waals surface area contributed by atoms with E-state index in [1.54, 1.807) is 0 Å². The summed E-state index contributed by atoms with van der Waals surface area (Å²) >= 11 is 0. The number of imidazole rings is 1. The Hall–Kier alpha value is -1.77. The van der Waals surface area contributed by atoms with Crippen LogP contribution in [0.15, 0.2) is 36.7 Å². The van der Waals surface area contributed by atoms with E-state index in [1.165, 1.54) is 5.56 Å². The number of nitrogens with zero attached hydrogens (tertiary/aromatic N) is 2. The molecule has 0 radical (unpaired) electrons. The predicted octanol–water partition coefficient (Wildman–Crippen LogP) is 3.04. The van der Waals surface area contributed by atoms with Gasteiger partial charge in [-0.15, -0.1) is 0 Å². The smallest absolute Gasteiger partial charge is 0.146 e. The summed E-state index contributed by atoms with van der Waals surface area (Å²) in [6.07, 6.45) is 4.81. The Kier molecular flexibility index (Phi) is 3.81. The van der Waals surface area contributed by atoms with Crippen LogP contribution < -0.4 is 4.74 Å². The molecule has 0 bridgehead atoms. The lowest BCUT2D eigenvalue weighted by atomic mass is 10.2. The predicted molar refractivity (Wildman–Crippen MR) is 68.1 cm³/mol. The van der Waals surface area contributed by atoms with Gasteiger partial charge in [0, 0.05) is 18.9 Å². The number of rotatable bonds is 5. The number of aryl methyl sites for hydroxylation is 2. The fourth-order valence-electron chi connectivity index (χ4n) is 1.77. The SMILES string of the molecule is CCc1cccc(OCc2nccn2CC)c1. The number of hydrogen-bond acceptors (Lipinski definition) is 2. The average molecular weight is 230 g/mol. The largest absolute Gasteiger partial charge is 0.486 e. The van der Waals surface area contributed by atoms with Crippen LogP contribution in [0.1, 0.15) is 25.2 Å². The van der Waals surface area contributed by atoms with Crippen molar-refractivity contribution in [1.29, 1.82) is 0 Å². The van der Waals surface area contributed by atoms with Crippen molar-refractivity contribution in [2.75, 3.05) is 0 Å². The minimum absolute atomic E-state index is 0.522. The molecular weight excluding hydrogens is 212 g/mol. The molecule has 0 spiro atoms. The molecule has 0 unspecified atom stereocenters. The number of benzene rings is 1. The highest BCUT2D eigenvalue weighted by atomic mass is 16.5. The van der Waals surface area contributed by atoms with E-state index in [0.717, 1.165) is 24.5 Å². The third-order valence-corrected chi connectivity index (χ3v) is 2.82. The molecule has 17 heavy (non-hydrogen) atoms. The van der Waals surface area contributed by atoms with Crippen molar-refractivity contribution in [2.45, 2.75) is 33.4 Å². The Morgan fingerprint density at radius 3 is 2.94 bits per heavy atom. The van der Waals surface area contributed by atoms with Gasteiger partial charge in [0.25, 0.3) is 0 Å². The standard InChI is InChI=1S/C14H18N2O/c1-3-12-6-5-7-13(10-12)17-11-14-15-8-9-16(14)4-2/h5-10H,3-4,11H2,1-2H3. The van der Waals surface area contributed by atoms with Crippen molar-refractivity contribution >= 4 is 0 Å². The molecule has 2 rings (SSSR count). The first-order chi connectivity index (χ1) is 8.33. The summed E-state index contributed by atoms with van der Waals surface area (Å²) in [5.41, 5.74) is 1.29. The van der Waals surface area contributed by atoms with Crippen molar-refractivity contribution in [1.82, 2.24) is 9.55 Å². The van der Waals surface area contributed by atoms with E-state index in [9.17, 15) is 0 Å². The van der Waals surface area contributed by atoms with Gasteiger partial charge >= 0.3 is 0 Å². The van der Waals surface area contributed by atoms with Crippen LogP contribution in [-0.2, 0) is 19.6 Å². The van der Waals surface area contributed by atoms with Gasteiger partial charge in [0.05, 0.1) is 0 Å². The topological polar surface area (TPSA) is 27.1 Å². The quantitative estimate of drug-likeness (QED) is 0.789. The van der Waals surface area contributed by atoms with Crippen LogP contribution in [-0.4, -0.2) is 9.55 Å². The molecule has 90 valence electrons. The van der Waals surface area contributed by atoms with Gasteiger partial charge in [-0.25, -0.2) is 4.98 Å². The second kappa shape index (κ2) is 5.53. The molecule has 0 aliphatic heterocycles. The van der Waals surface area contributed by atoms with E-state index in [4.69, 9.17) is 4.74 Å². The minimum Gasteiger partial charge on any atom is -0.486 e. The Morgan fingerprint density at radius 2 is 2.18 bits per heavy atom. The molecule has 0 fully saturated rings. The third kappa shape index (κ3) is 2.87. The van der Waals surface area contributed by atoms with E-state index >= 15 is 0 Å². The fourth-order valence-corrected chi connectivity index (χ4v) is 1.77. The molecule has 0 aliphatic carbocycles. The molecule has 3 nitrogen and oxygen atoms in total. The maximum atomic E-state index is 5.75. The van der Waals surface area contributed by atoms with Crippen LogP contribution in [0, 0.1) is 0 Å². The highest BCUT2D eigenvalue weighted by Gasteiger charge is 2.02. The summed E-state index contributed by atoms with van der Waals surface area (Å²) in [6.45, 7) is 5.69. The summed E-state index contributed by atoms with van der Waals surface area (Å²) < 4.78 is 7.84. The summed E-state index contributed by atoms with van der Waals surface area (Å²) in [7, 11) is 0. The molecule has 3 heteroatoms. The minimum atomic E-state index is 0.522. The second-order valence-electron chi connectivity index (χ2n) is 3.92. The van der Waals surface area contributed by atoms with Gasteiger partial charge in [-0.1, -0.05) is 19.1 Å². The molecule has 0 aliphatic rings. The van der Waals surface area contributed by atoms with Gasteiger partial charge in [-0.3, -0.25) is 0 Å². The first-order valence-electron chi connectivity index (χ1n) is 6.05. The maximum Gasteiger partial charge on any atom is 0.146 e. The average Bonchev–Trinajstić information content (AvgIpc) is 2.84. The zero-order chi connectivity index (χ0) is 12.1. The number of ether oxygens (including phenoxy) is 1. The van der Waals surface area contributed by atoms with Gasteiger partial charge in [0.2, 0.25) is 0 Å². The Bertz CT molecular complexity index is 477. The van der Waals surface area contributed by atoms with Crippen LogP contribution in [0.4, 0.5) is 0 Å². The van der Waals surface area contributed by atoms with Gasteiger partial charge < -0.3 is 9.30 Å². The summed E-state index contributed by atoms with van der Waals surface area (Å²) in [5, 5.41) is 0. The molecule has 0 amide bonds. The van der Waals surface area contributed by atoms with Crippen molar-refractivity contribution in [2.24, 2.45) is 0 Å². The van der Waals surface area contributed by atoms with E-state index < -0.39 is 0 Å². The van der Waals surface area contributed by atoms with E-state index in [2.05, 4.69) is 35.5 Å². The molecule has 1 heterocycles. The lowest BCUT2D eigenvalue weighted by molar-refractivity contribution is 0.289. The molecule has 1 aromatic carbocycles.